The first kappa shape index (κ1) is 18.4. The lowest BCUT2D eigenvalue weighted by molar-refractivity contribution is -0.129. The van der Waals surface area contributed by atoms with Crippen molar-refractivity contribution in [2.75, 3.05) is 33.4 Å². The summed E-state index contributed by atoms with van der Waals surface area (Å²) in [5.41, 5.74) is 2.23. The lowest BCUT2D eigenvalue weighted by Gasteiger charge is -2.17. The fourth-order valence-corrected chi connectivity index (χ4v) is 3.60. The first-order chi connectivity index (χ1) is 12.7. The van der Waals surface area contributed by atoms with Crippen LogP contribution >= 0.6 is 0 Å². The van der Waals surface area contributed by atoms with E-state index in [0.717, 1.165) is 24.4 Å². The first-order valence-corrected chi connectivity index (χ1v) is 9.09. The zero-order valence-corrected chi connectivity index (χ0v) is 15.4. The predicted octanol–water partition coefficient (Wildman–Crippen LogP) is 2.91. The van der Waals surface area contributed by atoms with Crippen molar-refractivity contribution in [3.8, 4) is 5.75 Å². The van der Waals surface area contributed by atoms with E-state index in [-0.39, 0.29) is 5.91 Å². The highest BCUT2D eigenvalue weighted by atomic mass is 16.5. The van der Waals surface area contributed by atoms with Gasteiger partial charge in [0.05, 0.1) is 19.6 Å². The van der Waals surface area contributed by atoms with Gasteiger partial charge in [0.15, 0.2) is 0 Å². The molecule has 0 aliphatic carbocycles. The van der Waals surface area contributed by atoms with Gasteiger partial charge in [-0.25, -0.2) is 0 Å². The number of hydrogen-bond acceptors (Lipinski definition) is 4. The van der Waals surface area contributed by atoms with Crippen LogP contribution in [0.15, 0.2) is 48.8 Å². The molecule has 0 unspecified atom stereocenters. The number of hydrogen-bond donors (Lipinski definition) is 0. The van der Waals surface area contributed by atoms with Gasteiger partial charge in [-0.3, -0.25) is 9.78 Å². The average Bonchev–Trinajstić information content (AvgIpc) is 3.09. The number of carbonyl (C=O) groups excluding carboxylic acids is 1. The maximum Gasteiger partial charge on any atom is 0.227 e. The van der Waals surface area contributed by atoms with Crippen molar-refractivity contribution in [3.63, 3.8) is 0 Å². The molecule has 2 aromatic rings. The summed E-state index contributed by atoms with van der Waals surface area (Å²) in [6.45, 7) is 4.72. The second kappa shape index (κ2) is 8.81. The van der Waals surface area contributed by atoms with Crippen LogP contribution in [0.2, 0.25) is 0 Å². The number of aromatic nitrogens is 1. The Kier molecular flexibility index (Phi) is 6.23. The third kappa shape index (κ3) is 4.41. The summed E-state index contributed by atoms with van der Waals surface area (Å²) in [5, 5.41) is 0. The second-order valence-electron chi connectivity index (χ2n) is 6.65. The van der Waals surface area contributed by atoms with E-state index in [0.29, 0.717) is 31.5 Å². The summed E-state index contributed by atoms with van der Waals surface area (Å²) in [5.74, 6) is 1.60. The van der Waals surface area contributed by atoms with E-state index < -0.39 is 0 Å². The van der Waals surface area contributed by atoms with Gasteiger partial charge >= 0.3 is 0 Å². The number of likely N-dealkylation sites (tertiary alicyclic amines) is 1. The van der Waals surface area contributed by atoms with E-state index in [1.807, 2.05) is 60.6 Å². The summed E-state index contributed by atoms with van der Waals surface area (Å²) in [6, 6.07) is 11.8. The van der Waals surface area contributed by atoms with Gasteiger partial charge < -0.3 is 14.4 Å². The zero-order valence-electron chi connectivity index (χ0n) is 15.4. The smallest absolute Gasteiger partial charge is 0.227 e. The number of carbonyl (C=O) groups is 1. The van der Waals surface area contributed by atoms with E-state index in [4.69, 9.17) is 9.47 Å². The molecule has 138 valence electrons. The largest absolute Gasteiger partial charge is 0.494 e. The quantitative estimate of drug-likeness (QED) is 0.767. The number of methoxy groups -OCH3 is 1. The van der Waals surface area contributed by atoms with Crippen LogP contribution in [0.3, 0.4) is 0 Å². The Labute approximate surface area is 155 Å². The van der Waals surface area contributed by atoms with Gasteiger partial charge in [0.2, 0.25) is 5.91 Å². The molecule has 0 spiro atoms. The molecular formula is C21H26N2O3. The van der Waals surface area contributed by atoms with Crippen molar-refractivity contribution in [2.45, 2.75) is 19.3 Å². The minimum Gasteiger partial charge on any atom is -0.494 e. The zero-order chi connectivity index (χ0) is 18.4. The van der Waals surface area contributed by atoms with Gasteiger partial charge in [0, 0.05) is 44.4 Å². The molecule has 26 heavy (non-hydrogen) atoms. The molecule has 1 amide bonds. The summed E-state index contributed by atoms with van der Waals surface area (Å²) in [6.07, 6.45) is 4.03. The summed E-state index contributed by atoms with van der Waals surface area (Å²) in [4.78, 5) is 18.9. The van der Waals surface area contributed by atoms with Gasteiger partial charge in [-0.2, -0.15) is 0 Å². The highest BCUT2D eigenvalue weighted by Crippen LogP contribution is 2.33. The van der Waals surface area contributed by atoms with Crippen molar-refractivity contribution < 1.29 is 14.3 Å². The Balaban J connectivity index is 1.65. The molecule has 0 radical (unpaired) electrons. The Morgan fingerprint density at radius 1 is 1.15 bits per heavy atom. The minimum absolute atomic E-state index is 0.159. The molecule has 0 N–H and O–H groups in total. The summed E-state index contributed by atoms with van der Waals surface area (Å²) >= 11 is 0. The van der Waals surface area contributed by atoms with Crippen molar-refractivity contribution in [3.05, 3.63) is 59.9 Å². The fourth-order valence-electron chi connectivity index (χ4n) is 3.60. The number of benzene rings is 1. The van der Waals surface area contributed by atoms with Crippen LogP contribution < -0.4 is 4.74 Å². The van der Waals surface area contributed by atoms with Crippen LogP contribution in [0.5, 0.6) is 5.75 Å². The minimum atomic E-state index is 0.159. The van der Waals surface area contributed by atoms with E-state index in [1.165, 1.54) is 5.56 Å². The molecule has 1 aliphatic rings. The molecule has 2 heterocycles. The third-order valence-corrected chi connectivity index (χ3v) is 4.90. The van der Waals surface area contributed by atoms with Gasteiger partial charge in [0.1, 0.15) is 5.75 Å². The predicted molar refractivity (Wildman–Crippen MR) is 100 cm³/mol. The molecule has 5 heteroatoms. The maximum absolute atomic E-state index is 12.8. The molecule has 3 rings (SSSR count). The van der Waals surface area contributed by atoms with Crippen molar-refractivity contribution in [2.24, 2.45) is 5.92 Å². The van der Waals surface area contributed by atoms with Crippen LogP contribution in [0.4, 0.5) is 0 Å². The van der Waals surface area contributed by atoms with Crippen LogP contribution in [-0.2, 0) is 16.0 Å². The molecule has 1 aromatic heterocycles. The molecular weight excluding hydrogens is 328 g/mol. The van der Waals surface area contributed by atoms with E-state index in [1.54, 1.807) is 7.11 Å². The van der Waals surface area contributed by atoms with Crippen LogP contribution in [0.1, 0.15) is 24.0 Å². The molecule has 2 atom stereocenters. The highest BCUT2D eigenvalue weighted by molar-refractivity contribution is 5.79. The third-order valence-electron chi connectivity index (χ3n) is 4.90. The lowest BCUT2D eigenvalue weighted by atomic mass is 9.90. The Morgan fingerprint density at radius 2 is 1.88 bits per heavy atom. The standard InChI is InChI=1S/C21H26N2O3/c1-3-26-19-6-4-16(5-7-19)12-21(24)23-13-18(15-25-2)20(14-23)17-8-10-22-11-9-17/h4-11,18,20H,3,12-15H2,1-2H3/t18-,20-/m0/s1. The van der Waals surface area contributed by atoms with E-state index in [2.05, 4.69) is 4.98 Å². The Morgan fingerprint density at radius 3 is 2.54 bits per heavy atom. The molecule has 1 aromatic carbocycles. The molecule has 0 bridgehead atoms. The van der Waals surface area contributed by atoms with Gasteiger partial charge in [-0.05, 0) is 42.3 Å². The van der Waals surface area contributed by atoms with E-state index >= 15 is 0 Å². The number of pyridine rings is 1. The van der Waals surface area contributed by atoms with Crippen LogP contribution in [-0.4, -0.2) is 49.2 Å². The second-order valence-corrected chi connectivity index (χ2v) is 6.65. The number of rotatable bonds is 7. The number of amides is 1. The van der Waals surface area contributed by atoms with Crippen LogP contribution in [0, 0.1) is 5.92 Å². The lowest BCUT2D eigenvalue weighted by Crippen LogP contribution is -2.30. The van der Waals surface area contributed by atoms with Crippen molar-refractivity contribution in [1.82, 2.24) is 9.88 Å². The maximum atomic E-state index is 12.8. The van der Waals surface area contributed by atoms with Gasteiger partial charge in [-0.1, -0.05) is 12.1 Å². The topological polar surface area (TPSA) is 51.7 Å². The summed E-state index contributed by atoms with van der Waals surface area (Å²) in [7, 11) is 1.72. The normalized spacial score (nSPS) is 19.5. The van der Waals surface area contributed by atoms with Gasteiger partial charge in [-0.15, -0.1) is 0 Å². The molecule has 0 saturated carbocycles. The molecule has 1 saturated heterocycles. The monoisotopic (exact) mass is 354 g/mol. The molecule has 5 nitrogen and oxygen atoms in total. The highest BCUT2D eigenvalue weighted by Gasteiger charge is 2.35. The first-order valence-electron chi connectivity index (χ1n) is 9.09. The number of nitrogens with zero attached hydrogens (tertiary/aromatic N) is 2. The fraction of sp³-hybridized carbons (Fsp3) is 0.429. The van der Waals surface area contributed by atoms with Gasteiger partial charge in [0.25, 0.3) is 0 Å². The Bertz CT molecular complexity index is 703. The van der Waals surface area contributed by atoms with Crippen molar-refractivity contribution in [1.29, 1.82) is 0 Å². The van der Waals surface area contributed by atoms with E-state index in [9.17, 15) is 4.79 Å². The van der Waals surface area contributed by atoms with Crippen LogP contribution in [0.25, 0.3) is 0 Å². The Hall–Kier alpha value is -2.40. The molecule has 1 fully saturated rings. The SMILES string of the molecule is CCOc1ccc(CC(=O)N2C[C@@H](COC)[C@H](c3ccncc3)C2)cc1. The van der Waals surface area contributed by atoms with Crippen molar-refractivity contribution >= 4 is 5.91 Å². The summed E-state index contributed by atoms with van der Waals surface area (Å²) < 4.78 is 10.8. The number of ether oxygens (including phenoxy) is 2. The average molecular weight is 354 g/mol. The molecule has 1 aliphatic heterocycles.